The summed E-state index contributed by atoms with van der Waals surface area (Å²) in [6, 6.07) is 7.61. The van der Waals surface area contributed by atoms with Gasteiger partial charge < -0.3 is 4.55 Å². The van der Waals surface area contributed by atoms with Gasteiger partial charge in [-0.15, -0.1) is 18.4 Å². The summed E-state index contributed by atoms with van der Waals surface area (Å²) in [6.45, 7) is 14.7. The summed E-state index contributed by atoms with van der Waals surface area (Å²) in [6.07, 6.45) is 24.8. The number of pyridine rings is 4. The Morgan fingerprint density at radius 3 is 1.51 bits per heavy atom. The zero-order chi connectivity index (χ0) is 36.3. The molecule has 0 aliphatic carbocycles. The van der Waals surface area contributed by atoms with Crippen LogP contribution in [-0.4, -0.2) is 41.5 Å². The lowest BCUT2D eigenvalue weighted by atomic mass is 10.2. The molecule has 0 aliphatic rings. The first-order valence-electron chi connectivity index (χ1n) is 13.6. The number of nitrogens with one attached hydrogen (secondary N) is 1. The van der Waals surface area contributed by atoms with Gasteiger partial charge >= 0.3 is 5.51 Å². The normalized spacial score (nSPS) is 10.1. The van der Waals surface area contributed by atoms with Crippen LogP contribution in [0, 0.1) is 63.8 Å². The molecule has 0 radical (unpaired) electrons. The van der Waals surface area contributed by atoms with E-state index in [4.69, 9.17) is 25.8 Å². The molecule has 1 N–H and O–H groups in total. The molecule has 4 rings (SSSR count). The van der Waals surface area contributed by atoms with Gasteiger partial charge in [-0.05, 0) is 62.6 Å². The van der Waals surface area contributed by atoms with Gasteiger partial charge in [0.25, 0.3) is 0 Å². The van der Waals surface area contributed by atoms with Crippen LogP contribution in [0.3, 0.4) is 0 Å². The molecule has 0 saturated carbocycles. The van der Waals surface area contributed by atoms with E-state index < -0.39 is 23.7 Å². The maximum absolute atomic E-state index is 10.7. The van der Waals surface area contributed by atoms with Crippen LogP contribution in [0.25, 0.3) is 0 Å². The molecule has 4 heterocycles. The molecule has 0 atom stereocenters. The van der Waals surface area contributed by atoms with E-state index in [0.29, 0.717) is 0 Å². The van der Waals surface area contributed by atoms with E-state index in [1.54, 1.807) is 24.8 Å². The summed E-state index contributed by atoms with van der Waals surface area (Å²) in [4.78, 5) is 14.8. The van der Waals surface area contributed by atoms with Gasteiger partial charge in [-0.3, -0.25) is 15.0 Å². The van der Waals surface area contributed by atoms with Crippen molar-refractivity contribution in [2.75, 3.05) is 0 Å². The molecule has 248 valence electrons. The first kappa shape index (κ1) is 42.7. The Morgan fingerprint density at radius 2 is 1.21 bits per heavy atom. The van der Waals surface area contributed by atoms with Crippen LogP contribution in [0.15, 0.2) is 78.3 Å². The highest BCUT2D eigenvalue weighted by Crippen LogP contribution is 2.20. The monoisotopic (exact) mass is 744 g/mol. The number of aromatic nitrogens is 4. The fourth-order valence-corrected chi connectivity index (χ4v) is 3.37. The average Bonchev–Trinajstić information content (AvgIpc) is 2.99. The Labute approximate surface area is 285 Å². The van der Waals surface area contributed by atoms with E-state index in [0.717, 1.165) is 37.9 Å². The topological polar surface area (TPSA) is 110 Å². The Kier molecular flexibility index (Phi) is 18.8. The van der Waals surface area contributed by atoms with Crippen molar-refractivity contribution in [3.63, 3.8) is 0 Å². The minimum absolute atomic E-state index is 0.921. The number of terminal acetylenes is 2. The Bertz CT molecular complexity index is 1760. The van der Waals surface area contributed by atoms with Crippen molar-refractivity contribution in [3.05, 3.63) is 117 Å². The van der Waals surface area contributed by atoms with Gasteiger partial charge in [-0.25, -0.2) is 13.4 Å². The molecule has 7 nitrogen and oxygen atoms in total. The molecule has 0 bridgehead atoms. The maximum atomic E-state index is 10.7. The third-order valence-corrected chi connectivity index (χ3v) is 7.56. The van der Waals surface area contributed by atoms with Crippen LogP contribution in [-0.2, 0) is 10.1 Å². The molecule has 13 heteroatoms. The summed E-state index contributed by atoms with van der Waals surface area (Å²) >= 11 is 3.36. The Balaban J connectivity index is 0.000000571. The summed E-state index contributed by atoms with van der Waals surface area (Å²) in [5.74, 6) is 8.36. The number of nitrogens with zero attached hydrogens (tertiary/aromatic N) is 3. The van der Waals surface area contributed by atoms with Gasteiger partial charge in [0, 0.05) is 70.0 Å². The van der Waals surface area contributed by atoms with Crippen LogP contribution in [0.1, 0.15) is 38.9 Å². The first-order valence-corrected chi connectivity index (χ1v) is 19.3. The average molecular weight is 746 g/mol. The molecule has 4 aromatic heterocycles. The van der Waals surface area contributed by atoms with Crippen molar-refractivity contribution >= 4 is 34.1 Å². The Hall–Kier alpha value is -4.32. The van der Waals surface area contributed by atoms with E-state index in [9.17, 15) is 13.2 Å². The number of hydrogen-bond acceptors (Lipinski definition) is 6. The zero-order valence-electron chi connectivity index (χ0n) is 27.1. The number of aryl methyl sites for hydroxylation is 4. The highest BCUT2D eigenvalue weighted by molar-refractivity contribution is 9.10. The number of aromatic amines is 1. The molecular formula is C34H36BrF3N4O3SSi. The standard InChI is InChI=1S/C11H15NSi.2C8H7N.C6H6BrN.CHF3O3S/c1-10-9-12-7-5-11(10)6-8-13(2,3)4;2*1-3-8-4-5-9-6-7(8)2;1-5-4-8-3-2-6(5)7;2-1(3,4)8(5,6)7/h5,7,9H,1-4H3;2*1,4-6H,2H3;2-4H,1H3;(H,5,6,7). The minimum atomic E-state index is -6.09. The van der Waals surface area contributed by atoms with Crippen molar-refractivity contribution in [2.45, 2.75) is 52.8 Å². The molecule has 0 fully saturated rings. The van der Waals surface area contributed by atoms with Crippen LogP contribution >= 0.6 is 15.9 Å². The fourth-order valence-electron chi connectivity index (χ4n) is 2.64. The molecule has 0 saturated heterocycles. The predicted octanol–water partition coefficient (Wildman–Crippen LogP) is 6.98. The summed E-state index contributed by atoms with van der Waals surface area (Å²) in [5.41, 5.74) is 5.18. The third kappa shape index (κ3) is 19.1. The van der Waals surface area contributed by atoms with Crippen LogP contribution < -0.4 is 4.98 Å². The number of alkyl halides is 3. The summed E-state index contributed by atoms with van der Waals surface area (Å²) in [7, 11) is -7.33. The van der Waals surface area contributed by atoms with E-state index in [2.05, 4.69) is 78.8 Å². The molecule has 4 aromatic rings. The van der Waals surface area contributed by atoms with Crippen LogP contribution in [0.2, 0.25) is 19.6 Å². The highest BCUT2D eigenvalue weighted by Gasteiger charge is 2.36. The van der Waals surface area contributed by atoms with Crippen molar-refractivity contribution in [3.8, 4) is 36.2 Å². The van der Waals surface area contributed by atoms with E-state index in [-0.39, 0.29) is 0 Å². The number of hydrogen-bond donors (Lipinski definition) is 0. The second kappa shape index (κ2) is 20.7. The number of halogens is 4. The Morgan fingerprint density at radius 1 is 0.787 bits per heavy atom. The molecule has 47 heavy (non-hydrogen) atoms. The lowest BCUT2D eigenvalue weighted by Crippen LogP contribution is -2.21. The minimum Gasteiger partial charge on any atom is -0.741 e. The molecule has 0 unspecified atom stereocenters. The smallest absolute Gasteiger partial charge is 0.485 e. The lowest BCUT2D eigenvalue weighted by Gasteiger charge is -2.08. The fraction of sp³-hybridized carbons (Fsp3) is 0.235. The van der Waals surface area contributed by atoms with Gasteiger partial charge in [0.2, 0.25) is 0 Å². The van der Waals surface area contributed by atoms with E-state index >= 15 is 0 Å². The van der Waals surface area contributed by atoms with E-state index in [1.807, 2.05) is 76.7 Å². The van der Waals surface area contributed by atoms with Gasteiger partial charge in [-0.1, -0.05) is 53.3 Å². The molecule has 0 aliphatic heterocycles. The lowest BCUT2D eigenvalue weighted by molar-refractivity contribution is -0.378. The molecule has 0 spiro atoms. The van der Waals surface area contributed by atoms with Crippen molar-refractivity contribution in [1.82, 2.24) is 15.0 Å². The maximum Gasteiger partial charge on any atom is 0.485 e. The second-order valence-corrected chi connectivity index (χ2v) is 17.4. The zero-order valence-corrected chi connectivity index (χ0v) is 30.5. The molecule has 0 aromatic carbocycles. The quantitative estimate of drug-likeness (QED) is 0.0832. The third-order valence-electron chi connectivity index (χ3n) is 5.23. The van der Waals surface area contributed by atoms with Gasteiger partial charge in [0.1, 0.15) is 8.07 Å². The van der Waals surface area contributed by atoms with Crippen LogP contribution in [0.4, 0.5) is 13.2 Å². The van der Waals surface area contributed by atoms with Crippen molar-refractivity contribution in [1.29, 1.82) is 0 Å². The van der Waals surface area contributed by atoms with Crippen molar-refractivity contribution in [2.24, 2.45) is 0 Å². The molecular weight excluding hydrogens is 709 g/mol. The SMILES string of the molecule is C#Cc1cc[nH+]cc1C.C#Cc1ccncc1C.Cc1cnccc1Br.Cc1cnccc1C#C[Si](C)(C)C.O=S(=O)([O-])C(F)(F)F. The molecule has 0 amide bonds. The summed E-state index contributed by atoms with van der Waals surface area (Å²) in [5, 5.41) is 0. The number of rotatable bonds is 0. The number of H-pyrrole nitrogens is 1. The largest absolute Gasteiger partial charge is 0.741 e. The van der Waals surface area contributed by atoms with Gasteiger partial charge in [-0.2, -0.15) is 13.2 Å². The van der Waals surface area contributed by atoms with E-state index in [1.165, 1.54) is 5.56 Å². The first-order chi connectivity index (χ1) is 21.7. The summed E-state index contributed by atoms with van der Waals surface area (Å²) < 4.78 is 60.0. The second-order valence-electron chi connectivity index (χ2n) is 10.4. The predicted molar refractivity (Wildman–Crippen MR) is 184 cm³/mol. The highest BCUT2D eigenvalue weighted by atomic mass is 79.9. The van der Waals surface area contributed by atoms with Gasteiger partial charge in [0.05, 0.1) is 0 Å². The van der Waals surface area contributed by atoms with Gasteiger partial charge in [0.15, 0.2) is 22.5 Å². The van der Waals surface area contributed by atoms with Crippen molar-refractivity contribution < 1.29 is 31.1 Å². The van der Waals surface area contributed by atoms with Crippen LogP contribution in [0.5, 0.6) is 0 Å².